The van der Waals surface area contributed by atoms with E-state index in [0.717, 1.165) is 0 Å². The van der Waals surface area contributed by atoms with Crippen molar-refractivity contribution >= 4 is 34.9 Å². The Labute approximate surface area is 122 Å². The van der Waals surface area contributed by atoms with Gasteiger partial charge >= 0.3 is 0 Å². The van der Waals surface area contributed by atoms with Gasteiger partial charge in [-0.1, -0.05) is 32.4 Å². The predicted molar refractivity (Wildman–Crippen MR) is 77.3 cm³/mol. The molecule has 7 heteroatoms. The smallest absolute Gasteiger partial charge is 0.229 e. The second kappa shape index (κ2) is 6.50. The highest BCUT2D eigenvalue weighted by Gasteiger charge is 2.24. The summed E-state index contributed by atoms with van der Waals surface area (Å²) >= 11 is 11.4. The van der Waals surface area contributed by atoms with Crippen molar-refractivity contribution < 1.29 is 4.79 Å². The summed E-state index contributed by atoms with van der Waals surface area (Å²) in [6, 6.07) is 1.44. The van der Waals surface area contributed by atoms with Crippen molar-refractivity contribution in [1.82, 2.24) is 9.97 Å². The Morgan fingerprint density at radius 3 is 2.53 bits per heavy atom. The van der Waals surface area contributed by atoms with Gasteiger partial charge in [0, 0.05) is 12.6 Å². The molecule has 0 saturated heterocycles. The lowest BCUT2D eigenvalue weighted by Crippen LogP contribution is -2.32. The molecule has 1 unspecified atom stereocenters. The highest BCUT2D eigenvalue weighted by atomic mass is 35.5. The van der Waals surface area contributed by atoms with Gasteiger partial charge in [0.15, 0.2) is 0 Å². The molecule has 0 aliphatic rings. The normalized spacial score (nSPS) is 13.2. The number of rotatable bonds is 4. The highest BCUT2D eigenvalue weighted by molar-refractivity contribution is 6.32. The van der Waals surface area contributed by atoms with E-state index in [1.165, 1.54) is 6.07 Å². The summed E-state index contributed by atoms with van der Waals surface area (Å²) in [5.74, 6) is -0.196. The van der Waals surface area contributed by atoms with Crippen LogP contribution in [0.2, 0.25) is 10.4 Å². The molecule has 1 heterocycles. The molecule has 0 aliphatic carbocycles. The molecular formula is C12H18Cl2N4O. The number of hydrogen-bond donors (Lipinski definition) is 2. The van der Waals surface area contributed by atoms with Gasteiger partial charge in [-0.15, -0.1) is 0 Å². The first-order valence-electron chi connectivity index (χ1n) is 5.92. The number of carbonyl (C=O) groups is 1. The average Bonchev–Trinajstić information content (AvgIpc) is 2.22. The first-order valence-corrected chi connectivity index (χ1v) is 6.68. The van der Waals surface area contributed by atoms with Crippen LogP contribution in [0.1, 0.15) is 27.2 Å². The van der Waals surface area contributed by atoms with E-state index >= 15 is 0 Å². The molecule has 0 radical (unpaired) electrons. The van der Waals surface area contributed by atoms with Crippen molar-refractivity contribution in [3.8, 4) is 0 Å². The standard InChI is InChI=1S/C12H18Cl2N4O/c1-12(2,3)5-7(6-15)10(19)17-9-4-8(13)16-11(14)18-9/h4,7H,5-6,15H2,1-3H3,(H,16,17,18,19). The van der Waals surface area contributed by atoms with E-state index in [1.807, 2.05) is 0 Å². The Morgan fingerprint density at radius 2 is 2.05 bits per heavy atom. The quantitative estimate of drug-likeness (QED) is 0.662. The summed E-state index contributed by atoms with van der Waals surface area (Å²) < 4.78 is 0. The van der Waals surface area contributed by atoms with Crippen molar-refractivity contribution in [2.75, 3.05) is 11.9 Å². The van der Waals surface area contributed by atoms with E-state index in [4.69, 9.17) is 28.9 Å². The zero-order chi connectivity index (χ0) is 14.6. The molecule has 0 spiro atoms. The fourth-order valence-corrected chi connectivity index (χ4v) is 2.11. The van der Waals surface area contributed by atoms with Gasteiger partial charge in [-0.05, 0) is 23.4 Å². The highest BCUT2D eigenvalue weighted by Crippen LogP contribution is 2.25. The van der Waals surface area contributed by atoms with Gasteiger partial charge < -0.3 is 11.1 Å². The molecule has 1 aromatic rings. The van der Waals surface area contributed by atoms with Gasteiger partial charge in [0.2, 0.25) is 11.2 Å². The second-order valence-electron chi connectivity index (χ2n) is 5.53. The molecule has 0 fully saturated rings. The van der Waals surface area contributed by atoms with Gasteiger partial charge in [0.25, 0.3) is 0 Å². The minimum atomic E-state index is -0.285. The van der Waals surface area contributed by atoms with Gasteiger partial charge in [0.05, 0.1) is 5.92 Å². The largest absolute Gasteiger partial charge is 0.330 e. The predicted octanol–water partition coefficient (Wildman–Crippen LogP) is 2.73. The molecule has 3 N–H and O–H groups in total. The molecule has 0 saturated carbocycles. The van der Waals surface area contributed by atoms with Gasteiger partial charge in [-0.2, -0.15) is 0 Å². The Balaban J connectivity index is 2.77. The Hall–Kier alpha value is -0.910. The number of nitrogens with one attached hydrogen (secondary N) is 1. The van der Waals surface area contributed by atoms with Crippen molar-refractivity contribution in [1.29, 1.82) is 0 Å². The first kappa shape index (κ1) is 16.1. The lowest BCUT2D eigenvalue weighted by atomic mass is 9.84. The van der Waals surface area contributed by atoms with Crippen LogP contribution in [0.3, 0.4) is 0 Å². The van der Waals surface area contributed by atoms with Crippen LogP contribution in [-0.4, -0.2) is 22.4 Å². The summed E-state index contributed by atoms with van der Waals surface area (Å²) in [5, 5.41) is 2.82. The average molecular weight is 305 g/mol. The molecule has 0 aromatic carbocycles. The third kappa shape index (κ3) is 5.72. The number of anilines is 1. The number of amides is 1. The number of aromatic nitrogens is 2. The van der Waals surface area contributed by atoms with Crippen LogP contribution in [0.25, 0.3) is 0 Å². The monoisotopic (exact) mass is 304 g/mol. The van der Waals surface area contributed by atoms with E-state index in [2.05, 4.69) is 36.1 Å². The first-order chi connectivity index (χ1) is 8.71. The van der Waals surface area contributed by atoms with E-state index in [0.29, 0.717) is 6.42 Å². The van der Waals surface area contributed by atoms with Gasteiger partial charge in [0.1, 0.15) is 11.0 Å². The number of carbonyl (C=O) groups excluding carboxylic acids is 1. The second-order valence-corrected chi connectivity index (χ2v) is 6.26. The number of nitrogens with zero attached hydrogens (tertiary/aromatic N) is 2. The van der Waals surface area contributed by atoms with Crippen LogP contribution < -0.4 is 11.1 Å². The third-order valence-electron chi connectivity index (χ3n) is 2.43. The van der Waals surface area contributed by atoms with Crippen LogP contribution in [0.5, 0.6) is 0 Å². The molecule has 106 valence electrons. The molecule has 19 heavy (non-hydrogen) atoms. The number of halogens is 2. The molecule has 1 rings (SSSR count). The van der Waals surface area contributed by atoms with Crippen molar-refractivity contribution in [3.05, 3.63) is 16.5 Å². The molecule has 0 bridgehead atoms. The van der Waals surface area contributed by atoms with Crippen LogP contribution >= 0.6 is 23.2 Å². The molecule has 1 amide bonds. The van der Waals surface area contributed by atoms with Crippen LogP contribution in [0.4, 0.5) is 5.82 Å². The van der Waals surface area contributed by atoms with Crippen molar-refractivity contribution in [3.63, 3.8) is 0 Å². The minimum Gasteiger partial charge on any atom is -0.330 e. The number of hydrogen-bond acceptors (Lipinski definition) is 4. The zero-order valence-electron chi connectivity index (χ0n) is 11.2. The van der Waals surface area contributed by atoms with E-state index in [1.54, 1.807) is 0 Å². The zero-order valence-corrected chi connectivity index (χ0v) is 12.7. The number of nitrogens with two attached hydrogens (primary N) is 1. The summed E-state index contributed by atoms with van der Waals surface area (Å²) in [4.78, 5) is 19.7. The summed E-state index contributed by atoms with van der Waals surface area (Å²) in [6.45, 7) is 6.44. The SMILES string of the molecule is CC(C)(C)CC(CN)C(=O)Nc1cc(Cl)nc(Cl)n1. The van der Waals surface area contributed by atoms with Gasteiger partial charge in [-0.3, -0.25) is 4.79 Å². The fraction of sp³-hybridized carbons (Fsp3) is 0.583. The van der Waals surface area contributed by atoms with Gasteiger partial charge in [-0.25, -0.2) is 9.97 Å². The molecule has 1 atom stereocenters. The van der Waals surface area contributed by atoms with Crippen molar-refractivity contribution in [2.45, 2.75) is 27.2 Å². The van der Waals surface area contributed by atoms with Crippen LogP contribution in [0.15, 0.2) is 6.07 Å². The molecular weight excluding hydrogens is 287 g/mol. The summed E-state index contributed by atoms with van der Waals surface area (Å²) in [5.41, 5.74) is 5.66. The lowest BCUT2D eigenvalue weighted by molar-refractivity contribution is -0.120. The Bertz CT molecular complexity index is 439. The molecule has 1 aromatic heterocycles. The fourth-order valence-electron chi connectivity index (χ4n) is 1.70. The Kier molecular flexibility index (Phi) is 5.52. The maximum atomic E-state index is 12.1. The van der Waals surface area contributed by atoms with Crippen LogP contribution in [-0.2, 0) is 4.79 Å². The molecule has 0 aliphatic heterocycles. The maximum Gasteiger partial charge on any atom is 0.229 e. The lowest BCUT2D eigenvalue weighted by Gasteiger charge is -2.24. The van der Waals surface area contributed by atoms with Crippen LogP contribution in [0, 0.1) is 11.3 Å². The molecule has 5 nitrogen and oxygen atoms in total. The van der Waals surface area contributed by atoms with E-state index < -0.39 is 0 Å². The topological polar surface area (TPSA) is 80.9 Å². The summed E-state index contributed by atoms with van der Waals surface area (Å²) in [6.07, 6.45) is 0.682. The van der Waals surface area contributed by atoms with E-state index in [9.17, 15) is 4.79 Å². The summed E-state index contributed by atoms with van der Waals surface area (Å²) in [7, 11) is 0. The van der Waals surface area contributed by atoms with E-state index in [-0.39, 0.29) is 40.0 Å². The third-order valence-corrected chi connectivity index (χ3v) is 2.80. The Morgan fingerprint density at radius 1 is 1.42 bits per heavy atom. The minimum absolute atomic E-state index is 0.0112. The maximum absolute atomic E-state index is 12.1. The van der Waals surface area contributed by atoms with Crippen molar-refractivity contribution in [2.24, 2.45) is 17.1 Å².